The summed E-state index contributed by atoms with van der Waals surface area (Å²) in [5, 5.41) is 1.12. The molecular formula is C31H26Cl2N2O4S. The molecule has 204 valence electrons. The van der Waals surface area contributed by atoms with E-state index >= 15 is 0 Å². The van der Waals surface area contributed by atoms with Gasteiger partial charge in [0, 0.05) is 15.6 Å². The molecule has 0 aliphatic carbocycles. The van der Waals surface area contributed by atoms with Crippen molar-refractivity contribution in [3.05, 3.63) is 130 Å². The van der Waals surface area contributed by atoms with E-state index in [1.807, 2.05) is 67.6 Å². The number of hydrogen-bond donors (Lipinski definition) is 0. The molecule has 0 saturated heterocycles. The summed E-state index contributed by atoms with van der Waals surface area (Å²) in [6.07, 6.45) is 1.82. The first kappa shape index (κ1) is 27.9. The summed E-state index contributed by atoms with van der Waals surface area (Å²) in [6, 6.07) is 19.9. The molecule has 9 heteroatoms. The SMILES string of the molecule is CCOC(=O)C1=C(C)N=c2s/c(=C\c3ccc(OCc4ccc(Cl)cc4Cl)cc3)c(=O)n2[C@@H]1c1ccc(C)cc1. The van der Waals surface area contributed by atoms with Crippen molar-refractivity contribution >= 4 is 46.6 Å². The quantitative estimate of drug-likeness (QED) is 0.247. The number of allylic oxidation sites excluding steroid dienone is 1. The van der Waals surface area contributed by atoms with Gasteiger partial charge in [-0.3, -0.25) is 9.36 Å². The Morgan fingerprint density at radius 3 is 2.45 bits per heavy atom. The molecule has 3 aromatic carbocycles. The van der Waals surface area contributed by atoms with Gasteiger partial charge < -0.3 is 9.47 Å². The Balaban J connectivity index is 1.48. The molecule has 2 heterocycles. The molecule has 0 bridgehead atoms. The standard InChI is InChI=1S/C31H26Cl2N2O4S/c1-4-38-30(37)27-19(3)34-31-35(28(27)21-9-5-18(2)6-10-21)29(36)26(40-31)15-20-7-13-24(14-8-20)39-17-22-11-12-23(32)16-25(22)33/h5-16,28H,4,17H2,1-3H3/b26-15-/t28-/m1/s1. The summed E-state index contributed by atoms with van der Waals surface area (Å²) < 4.78 is 13.3. The van der Waals surface area contributed by atoms with Crippen molar-refractivity contribution in [3.63, 3.8) is 0 Å². The number of aryl methyl sites for hydroxylation is 1. The van der Waals surface area contributed by atoms with E-state index in [1.165, 1.54) is 11.3 Å². The minimum atomic E-state index is -0.631. The van der Waals surface area contributed by atoms with Crippen molar-refractivity contribution < 1.29 is 14.3 Å². The number of carbonyl (C=O) groups excluding carboxylic acids is 1. The Kier molecular flexibility index (Phi) is 8.26. The number of fused-ring (bicyclic) bond motifs is 1. The molecule has 1 atom stereocenters. The Bertz CT molecular complexity index is 1790. The van der Waals surface area contributed by atoms with E-state index in [-0.39, 0.29) is 12.2 Å². The zero-order valence-corrected chi connectivity index (χ0v) is 24.4. The molecule has 0 N–H and O–H groups in total. The van der Waals surface area contributed by atoms with Gasteiger partial charge in [0.15, 0.2) is 4.80 Å². The highest BCUT2D eigenvalue weighted by Gasteiger charge is 2.33. The van der Waals surface area contributed by atoms with Gasteiger partial charge in [-0.15, -0.1) is 0 Å². The monoisotopic (exact) mass is 592 g/mol. The summed E-state index contributed by atoms with van der Waals surface area (Å²) in [6.45, 7) is 6.06. The van der Waals surface area contributed by atoms with Gasteiger partial charge in [-0.25, -0.2) is 9.79 Å². The molecule has 6 nitrogen and oxygen atoms in total. The molecule has 0 unspecified atom stereocenters. The zero-order chi connectivity index (χ0) is 28.4. The summed E-state index contributed by atoms with van der Waals surface area (Å²) in [4.78, 5) is 31.9. The average Bonchev–Trinajstić information content (AvgIpc) is 3.23. The lowest BCUT2D eigenvalue weighted by atomic mass is 9.95. The van der Waals surface area contributed by atoms with E-state index in [0.29, 0.717) is 43.0 Å². The molecule has 0 radical (unpaired) electrons. The number of thiazole rings is 1. The molecule has 1 aliphatic rings. The highest BCUT2D eigenvalue weighted by atomic mass is 35.5. The lowest BCUT2D eigenvalue weighted by Crippen LogP contribution is -2.39. The van der Waals surface area contributed by atoms with Crippen LogP contribution in [-0.4, -0.2) is 17.1 Å². The Hall–Kier alpha value is -3.65. The van der Waals surface area contributed by atoms with Crippen molar-refractivity contribution in [1.29, 1.82) is 0 Å². The van der Waals surface area contributed by atoms with Gasteiger partial charge in [-0.2, -0.15) is 0 Å². The smallest absolute Gasteiger partial charge is 0.338 e. The van der Waals surface area contributed by atoms with Crippen LogP contribution in [0.4, 0.5) is 0 Å². The van der Waals surface area contributed by atoms with Crippen molar-refractivity contribution in [1.82, 2.24) is 4.57 Å². The molecule has 0 fully saturated rings. The first-order chi connectivity index (χ1) is 19.2. The van der Waals surface area contributed by atoms with Crippen LogP contribution in [0.2, 0.25) is 10.0 Å². The number of nitrogens with zero attached hydrogens (tertiary/aromatic N) is 2. The van der Waals surface area contributed by atoms with E-state index in [1.54, 1.807) is 30.5 Å². The second-order valence-corrected chi connectivity index (χ2v) is 11.2. The Labute approximate surface area is 245 Å². The minimum absolute atomic E-state index is 0.221. The van der Waals surface area contributed by atoms with E-state index in [9.17, 15) is 9.59 Å². The van der Waals surface area contributed by atoms with Crippen LogP contribution in [-0.2, 0) is 16.1 Å². The fourth-order valence-electron chi connectivity index (χ4n) is 4.47. The maximum absolute atomic E-state index is 13.7. The predicted octanol–water partition coefficient (Wildman–Crippen LogP) is 5.99. The molecule has 1 aliphatic heterocycles. The van der Waals surface area contributed by atoms with Crippen LogP contribution in [0, 0.1) is 6.92 Å². The highest BCUT2D eigenvalue weighted by Crippen LogP contribution is 2.31. The van der Waals surface area contributed by atoms with Crippen molar-refractivity contribution in [3.8, 4) is 5.75 Å². The fraction of sp³-hybridized carbons (Fsp3) is 0.194. The molecule has 1 aromatic heterocycles. The fourth-order valence-corrected chi connectivity index (χ4v) is 5.98. The van der Waals surface area contributed by atoms with Gasteiger partial charge in [-0.1, -0.05) is 82.6 Å². The lowest BCUT2D eigenvalue weighted by Gasteiger charge is -2.24. The van der Waals surface area contributed by atoms with Crippen molar-refractivity contribution in [2.24, 2.45) is 4.99 Å². The molecule has 0 saturated carbocycles. The van der Waals surface area contributed by atoms with E-state index < -0.39 is 12.0 Å². The lowest BCUT2D eigenvalue weighted by molar-refractivity contribution is -0.139. The molecular weight excluding hydrogens is 567 g/mol. The average molecular weight is 594 g/mol. The molecule has 4 aromatic rings. The summed E-state index contributed by atoms with van der Waals surface area (Å²) >= 11 is 13.5. The van der Waals surface area contributed by atoms with E-state index in [4.69, 9.17) is 32.7 Å². The summed E-state index contributed by atoms with van der Waals surface area (Å²) in [5.74, 6) is 0.192. The number of carbonyl (C=O) groups is 1. The van der Waals surface area contributed by atoms with Gasteiger partial charge in [-0.05, 0) is 62.2 Å². The number of benzene rings is 3. The highest BCUT2D eigenvalue weighted by molar-refractivity contribution is 7.07. The third kappa shape index (κ3) is 5.77. The van der Waals surface area contributed by atoms with Crippen LogP contribution in [0.15, 0.2) is 87.8 Å². The maximum Gasteiger partial charge on any atom is 0.338 e. The zero-order valence-electron chi connectivity index (χ0n) is 22.1. The van der Waals surface area contributed by atoms with Crippen LogP contribution in [0.1, 0.15) is 42.1 Å². The second kappa shape index (κ2) is 11.8. The molecule has 40 heavy (non-hydrogen) atoms. The van der Waals surface area contributed by atoms with Gasteiger partial charge in [0.2, 0.25) is 0 Å². The molecule has 0 amide bonds. The summed E-state index contributed by atoms with van der Waals surface area (Å²) in [5.41, 5.74) is 4.25. The normalized spacial score (nSPS) is 15.0. The van der Waals surface area contributed by atoms with E-state index in [2.05, 4.69) is 4.99 Å². The number of ether oxygens (including phenoxy) is 2. The van der Waals surface area contributed by atoms with Crippen LogP contribution >= 0.6 is 34.5 Å². The first-order valence-electron chi connectivity index (χ1n) is 12.7. The van der Waals surface area contributed by atoms with Crippen LogP contribution in [0.25, 0.3) is 6.08 Å². The molecule has 5 rings (SSSR count). The Morgan fingerprint density at radius 2 is 1.77 bits per heavy atom. The summed E-state index contributed by atoms with van der Waals surface area (Å²) in [7, 11) is 0. The minimum Gasteiger partial charge on any atom is -0.489 e. The van der Waals surface area contributed by atoms with Crippen LogP contribution in [0.5, 0.6) is 5.75 Å². The third-order valence-electron chi connectivity index (χ3n) is 6.50. The predicted molar refractivity (Wildman–Crippen MR) is 159 cm³/mol. The van der Waals surface area contributed by atoms with Crippen LogP contribution < -0.4 is 19.6 Å². The number of esters is 1. The number of aromatic nitrogens is 1. The largest absolute Gasteiger partial charge is 0.489 e. The van der Waals surface area contributed by atoms with Gasteiger partial charge >= 0.3 is 5.97 Å². The van der Waals surface area contributed by atoms with Gasteiger partial charge in [0.1, 0.15) is 12.4 Å². The number of hydrogen-bond acceptors (Lipinski definition) is 6. The van der Waals surface area contributed by atoms with Crippen molar-refractivity contribution in [2.75, 3.05) is 6.61 Å². The Morgan fingerprint density at radius 1 is 1.05 bits per heavy atom. The number of rotatable bonds is 7. The molecule has 0 spiro atoms. The maximum atomic E-state index is 13.7. The van der Waals surface area contributed by atoms with Gasteiger partial charge in [0.05, 0.1) is 28.5 Å². The second-order valence-electron chi connectivity index (χ2n) is 9.31. The van der Waals surface area contributed by atoms with E-state index in [0.717, 1.165) is 22.3 Å². The van der Waals surface area contributed by atoms with Crippen molar-refractivity contribution in [2.45, 2.75) is 33.4 Å². The van der Waals surface area contributed by atoms with Crippen LogP contribution in [0.3, 0.4) is 0 Å². The van der Waals surface area contributed by atoms with Gasteiger partial charge in [0.25, 0.3) is 5.56 Å². The third-order valence-corrected chi connectivity index (χ3v) is 8.07. The topological polar surface area (TPSA) is 69.9 Å². The number of halogens is 2. The first-order valence-corrected chi connectivity index (χ1v) is 14.3.